The Morgan fingerprint density at radius 1 is 0.281 bits per heavy atom. The van der Waals surface area contributed by atoms with Crippen molar-refractivity contribution in [1.82, 2.24) is 0 Å². The van der Waals surface area contributed by atoms with Gasteiger partial charge in [-0.15, -0.1) is 0 Å². The van der Waals surface area contributed by atoms with Gasteiger partial charge in [-0.3, -0.25) is 0 Å². The molecule has 12 aromatic rings. The van der Waals surface area contributed by atoms with E-state index < -0.39 is 5.41 Å². The molecule has 1 aliphatic carbocycles. The van der Waals surface area contributed by atoms with Crippen molar-refractivity contribution < 1.29 is 0 Å². The fourth-order valence-electron chi connectivity index (χ4n) is 11.2. The number of hydrogen-bond donors (Lipinski definition) is 0. The summed E-state index contributed by atoms with van der Waals surface area (Å²) in [5.41, 5.74) is 12.8. The molecule has 1 heteroatoms. The van der Waals surface area contributed by atoms with E-state index in [0.29, 0.717) is 0 Å². The average molecular weight is 812 g/mol. The van der Waals surface area contributed by atoms with Gasteiger partial charge in [0.1, 0.15) is 0 Å². The summed E-state index contributed by atoms with van der Waals surface area (Å²) >= 11 is 0. The molecule has 0 saturated carbocycles. The van der Waals surface area contributed by atoms with Crippen LogP contribution in [0.4, 0.5) is 17.1 Å². The lowest BCUT2D eigenvalue weighted by molar-refractivity contribution is 0.768. The van der Waals surface area contributed by atoms with Crippen LogP contribution in [-0.2, 0) is 5.41 Å². The Labute approximate surface area is 372 Å². The minimum absolute atomic E-state index is 0.533. The number of benzene rings is 11. The third-order valence-electron chi connectivity index (χ3n) is 13.9. The molecule has 298 valence electrons. The predicted molar refractivity (Wildman–Crippen MR) is 271 cm³/mol. The maximum absolute atomic E-state index is 2.52. The van der Waals surface area contributed by atoms with Gasteiger partial charge in [0, 0.05) is 22.1 Å². The van der Waals surface area contributed by atoms with Gasteiger partial charge in [0.25, 0.3) is 0 Å². The third-order valence-corrected chi connectivity index (χ3v) is 13.9. The van der Waals surface area contributed by atoms with Crippen molar-refractivity contribution in [2.24, 2.45) is 0 Å². The molecule has 0 saturated heterocycles. The van der Waals surface area contributed by atoms with E-state index in [1.807, 2.05) is 0 Å². The molecule has 0 bridgehead atoms. The number of hydrogen-bond acceptors (Lipinski definition) is 1. The summed E-state index contributed by atoms with van der Waals surface area (Å²) < 4.78 is 0. The molecule has 0 aliphatic heterocycles. The van der Waals surface area contributed by atoms with Crippen LogP contribution in [0.5, 0.6) is 0 Å². The highest BCUT2D eigenvalue weighted by atomic mass is 15.1. The Hall–Kier alpha value is -8.26. The molecular formula is C63H41N. The van der Waals surface area contributed by atoms with Crippen LogP contribution in [0.1, 0.15) is 22.3 Å². The standard InChI is InChI=1S/C63H41N/c1-4-18-42(19-5-1)43-34-36-47(37-35-43)64(48-38-39-54-53-29-14-15-33-58(53)63(59(54)41-48,45-21-6-2-7-22-45)46-23-8-3-9-24-46)60-40-44-20-16-30-55-51-27-12-10-25-49(51)50-26-11-13-28-52(50)56-31-17-32-57(60)62(56)61(44)55/h1-41H. The molecule has 12 aromatic carbocycles. The van der Waals surface area contributed by atoms with Crippen molar-refractivity contribution in [2.75, 3.05) is 4.90 Å². The molecule has 0 aromatic heterocycles. The average Bonchev–Trinajstić information content (AvgIpc) is 3.67. The van der Waals surface area contributed by atoms with Gasteiger partial charge in [-0.1, -0.05) is 218 Å². The van der Waals surface area contributed by atoms with Crippen molar-refractivity contribution in [3.8, 4) is 22.3 Å². The van der Waals surface area contributed by atoms with E-state index in [1.54, 1.807) is 0 Å². The first kappa shape index (κ1) is 36.4. The van der Waals surface area contributed by atoms with Gasteiger partial charge in [0.05, 0.1) is 11.1 Å². The van der Waals surface area contributed by atoms with E-state index in [2.05, 4.69) is 254 Å². The van der Waals surface area contributed by atoms with Crippen LogP contribution < -0.4 is 4.90 Å². The summed E-state index contributed by atoms with van der Waals surface area (Å²) in [5.74, 6) is 0. The Morgan fingerprint density at radius 2 is 0.750 bits per heavy atom. The summed E-state index contributed by atoms with van der Waals surface area (Å²) in [6, 6.07) is 92.4. The molecule has 0 unspecified atom stereocenters. The quantitative estimate of drug-likeness (QED) is 0.151. The van der Waals surface area contributed by atoms with E-state index in [1.165, 1.54) is 98.4 Å². The lowest BCUT2D eigenvalue weighted by Gasteiger charge is -2.35. The zero-order chi connectivity index (χ0) is 42.2. The zero-order valence-corrected chi connectivity index (χ0v) is 35.1. The van der Waals surface area contributed by atoms with Gasteiger partial charge < -0.3 is 4.90 Å². The van der Waals surface area contributed by atoms with Crippen molar-refractivity contribution >= 4 is 70.9 Å². The maximum atomic E-state index is 2.52. The normalized spacial score (nSPS) is 12.8. The summed E-state index contributed by atoms with van der Waals surface area (Å²) in [7, 11) is 0. The van der Waals surface area contributed by atoms with Crippen molar-refractivity contribution in [3.05, 3.63) is 271 Å². The second kappa shape index (κ2) is 14.4. The number of rotatable bonds is 6. The van der Waals surface area contributed by atoms with Crippen LogP contribution in [0.2, 0.25) is 0 Å². The zero-order valence-electron chi connectivity index (χ0n) is 35.1. The fourth-order valence-corrected chi connectivity index (χ4v) is 11.2. The Balaban J connectivity index is 1.15. The summed E-state index contributed by atoms with van der Waals surface area (Å²) in [6.07, 6.45) is 0. The Morgan fingerprint density at radius 3 is 1.41 bits per heavy atom. The van der Waals surface area contributed by atoms with Crippen LogP contribution in [-0.4, -0.2) is 0 Å². The van der Waals surface area contributed by atoms with Crippen molar-refractivity contribution in [3.63, 3.8) is 0 Å². The maximum Gasteiger partial charge on any atom is 0.0714 e. The largest absolute Gasteiger partial charge is 0.310 e. The molecule has 13 rings (SSSR count). The minimum Gasteiger partial charge on any atom is -0.310 e. The van der Waals surface area contributed by atoms with Crippen LogP contribution in [0, 0.1) is 0 Å². The first-order chi connectivity index (χ1) is 31.8. The molecule has 0 heterocycles. The lowest BCUT2D eigenvalue weighted by Crippen LogP contribution is -2.28. The lowest BCUT2D eigenvalue weighted by atomic mass is 9.67. The monoisotopic (exact) mass is 811 g/mol. The Kier molecular flexibility index (Phi) is 8.20. The molecule has 0 N–H and O–H groups in total. The highest BCUT2D eigenvalue weighted by Crippen LogP contribution is 2.58. The third kappa shape index (κ3) is 5.31. The number of anilines is 3. The van der Waals surface area contributed by atoms with Crippen LogP contribution >= 0.6 is 0 Å². The van der Waals surface area contributed by atoms with Gasteiger partial charge in [0.15, 0.2) is 0 Å². The van der Waals surface area contributed by atoms with Gasteiger partial charge >= 0.3 is 0 Å². The molecular weight excluding hydrogens is 771 g/mol. The van der Waals surface area contributed by atoms with E-state index in [9.17, 15) is 0 Å². The Bertz CT molecular complexity index is 3720. The van der Waals surface area contributed by atoms with Crippen molar-refractivity contribution in [2.45, 2.75) is 5.41 Å². The SMILES string of the molecule is c1ccc(-c2ccc(N(c3ccc4c(c3)C(c3ccccc3)(c3ccccc3)c3ccccc3-4)c3cc4cccc5c6ccccc6c6ccccc6c6cccc3c6c45)cc2)cc1. The highest BCUT2D eigenvalue weighted by molar-refractivity contribution is 6.34. The molecule has 1 nitrogen and oxygen atoms in total. The highest BCUT2D eigenvalue weighted by Gasteiger charge is 2.46. The first-order valence-electron chi connectivity index (χ1n) is 22.3. The molecule has 64 heavy (non-hydrogen) atoms. The second-order valence-electron chi connectivity index (χ2n) is 17.1. The minimum atomic E-state index is -0.533. The molecule has 0 amide bonds. The van der Waals surface area contributed by atoms with Crippen LogP contribution in [0.15, 0.2) is 249 Å². The molecule has 1 aliphatic rings. The molecule has 0 fully saturated rings. The smallest absolute Gasteiger partial charge is 0.0714 e. The summed E-state index contributed by atoms with van der Waals surface area (Å²) in [4.78, 5) is 2.52. The van der Waals surface area contributed by atoms with Gasteiger partial charge in [-0.2, -0.15) is 0 Å². The van der Waals surface area contributed by atoms with E-state index in [4.69, 9.17) is 0 Å². The first-order valence-corrected chi connectivity index (χ1v) is 22.3. The summed E-state index contributed by atoms with van der Waals surface area (Å²) in [5, 5.41) is 12.5. The second-order valence-corrected chi connectivity index (χ2v) is 17.1. The van der Waals surface area contributed by atoms with Gasteiger partial charge in [-0.25, -0.2) is 0 Å². The fraction of sp³-hybridized carbons (Fsp3) is 0.0159. The topological polar surface area (TPSA) is 3.24 Å². The molecule has 0 radical (unpaired) electrons. The number of nitrogens with zero attached hydrogens (tertiary/aromatic N) is 1. The predicted octanol–water partition coefficient (Wildman–Crippen LogP) is 17.0. The number of fused-ring (bicyclic) bond motifs is 8. The van der Waals surface area contributed by atoms with Crippen LogP contribution in [0.25, 0.3) is 76.1 Å². The summed E-state index contributed by atoms with van der Waals surface area (Å²) in [6.45, 7) is 0. The van der Waals surface area contributed by atoms with E-state index in [-0.39, 0.29) is 0 Å². The molecule has 0 spiro atoms. The molecule has 0 atom stereocenters. The van der Waals surface area contributed by atoms with E-state index >= 15 is 0 Å². The van der Waals surface area contributed by atoms with Gasteiger partial charge in [-0.05, 0) is 118 Å². The van der Waals surface area contributed by atoms with Crippen molar-refractivity contribution in [1.29, 1.82) is 0 Å². The van der Waals surface area contributed by atoms with Gasteiger partial charge in [0.2, 0.25) is 0 Å². The van der Waals surface area contributed by atoms with E-state index in [0.717, 1.165) is 17.1 Å². The van der Waals surface area contributed by atoms with Crippen LogP contribution in [0.3, 0.4) is 0 Å².